The molecule has 6 nitrogen and oxygen atoms in total. The molecule has 0 saturated carbocycles. The van der Waals surface area contributed by atoms with Crippen LogP contribution in [-0.2, 0) is 14.3 Å². The highest BCUT2D eigenvalue weighted by molar-refractivity contribution is 7.16. The van der Waals surface area contributed by atoms with E-state index in [0.29, 0.717) is 23.4 Å². The predicted molar refractivity (Wildman–Crippen MR) is 95.9 cm³/mol. The van der Waals surface area contributed by atoms with Crippen LogP contribution in [0.3, 0.4) is 0 Å². The Balaban J connectivity index is 2.24. The van der Waals surface area contributed by atoms with E-state index in [1.807, 2.05) is 20.8 Å². The molecule has 2 rings (SSSR count). The number of nitrogens with one attached hydrogen (secondary N) is 1. The summed E-state index contributed by atoms with van der Waals surface area (Å²) < 4.78 is 5.01. The third kappa shape index (κ3) is 4.28. The molecule has 0 radical (unpaired) electrons. The number of aryl methyl sites for hydroxylation is 1. The molecule has 0 bridgehead atoms. The van der Waals surface area contributed by atoms with Crippen LogP contribution in [-0.4, -0.2) is 29.6 Å². The van der Waals surface area contributed by atoms with Gasteiger partial charge in [-0.2, -0.15) is 0 Å². The zero-order chi connectivity index (χ0) is 18.7. The largest absolute Gasteiger partial charge is 0.481 e. The summed E-state index contributed by atoms with van der Waals surface area (Å²) in [5.74, 6) is -3.24. The number of hydrogen-bond donors (Lipinski definition) is 2. The highest BCUT2D eigenvalue weighted by Crippen LogP contribution is 2.36. The third-order valence-corrected chi connectivity index (χ3v) is 5.47. The van der Waals surface area contributed by atoms with E-state index >= 15 is 0 Å². The first-order chi connectivity index (χ1) is 11.7. The van der Waals surface area contributed by atoms with Gasteiger partial charge in [0.1, 0.15) is 5.00 Å². The summed E-state index contributed by atoms with van der Waals surface area (Å²) in [5.41, 5.74) is 2.38. The summed E-state index contributed by atoms with van der Waals surface area (Å²) in [7, 11) is 0. The summed E-state index contributed by atoms with van der Waals surface area (Å²) in [6.45, 7) is 7.62. The number of ether oxygens (including phenoxy) is 1. The number of hydrogen-bond acceptors (Lipinski definition) is 5. The number of allylic oxidation sites excluding steroid dienone is 2. The monoisotopic (exact) mass is 365 g/mol. The second-order valence-corrected chi connectivity index (χ2v) is 7.59. The maximum atomic E-state index is 12.7. The second kappa shape index (κ2) is 7.82. The van der Waals surface area contributed by atoms with Gasteiger partial charge in [-0.05, 0) is 46.6 Å². The Morgan fingerprint density at radius 2 is 1.80 bits per heavy atom. The quantitative estimate of drug-likeness (QED) is 0.614. The molecule has 1 aromatic rings. The van der Waals surface area contributed by atoms with Gasteiger partial charge in [-0.1, -0.05) is 11.1 Å². The van der Waals surface area contributed by atoms with Gasteiger partial charge in [-0.15, -0.1) is 11.3 Å². The molecule has 0 aromatic carbocycles. The summed E-state index contributed by atoms with van der Waals surface area (Å²) in [6.07, 6.45) is 0.779. The van der Waals surface area contributed by atoms with Crippen LogP contribution in [0.15, 0.2) is 17.2 Å². The van der Waals surface area contributed by atoms with Crippen LogP contribution < -0.4 is 5.32 Å². The molecule has 0 saturated heterocycles. The first-order valence-corrected chi connectivity index (χ1v) is 9.02. The number of carbonyl (C=O) groups is 3. The summed E-state index contributed by atoms with van der Waals surface area (Å²) in [5, 5.41) is 12.6. The first kappa shape index (κ1) is 19.2. The van der Waals surface area contributed by atoms with E-state index < -0.39 is 23.8 Å². The Kier molecular flexibility index (Phi) is 6.00. The van der Waals surface area contributed by atoms with Crippen molar-refractivity contribution in [1.29, 1.82) is 0 Å². The third-order valence-electron chi connectivity index (χ3n) is 4.51. The van der Waals surface area contributed by atoms with Gasteiger partial charge in [0.05, 0.1) is 24.0 Å². The molecular formula is C18H23NO5S. The van der Waals surface area contributed by atoms with E-state index in [1.165, 1.54) is 11.3 Å². The Bertz CT molecular complexity index is 734. The van der Waals surface area contributed by atoms with Crippen molar-refractivity contribution in [1.82, 2.24) is 0 Å². The minimum Gasteiger partial charge on any atom is -0.481 e. The number of aliphatic carboxylic acids is 1. The molecule has 136 valence electrons. The molecule has 2 N–H and O–H groups in total. The Labute approximate surface area is 150 Å². The number of carboxylic acids is 1. The van der Waals surface area contributed by atoms with E-state index in [0.717, 1.165) is 16.0 Å². The lowest BCUT2D eigenvalue weighted by Crippen LogP contribution is -2.36. The predicted octanol–water partition coefficient (Wildman–Crippen LogP) is 3.62. The van der Waals surface area contributed by atoms with Crippen molar-refractivity contribution in [2.45, 2.75) is 40.5 Å². The van der Waals surface area contributed by atoms with Crippen LogP contribution in [0.25, 0.3) is 0 Å². The number of amides is 1. The number of thiophene rings is 1. The Morgan fingerprint density at radius 3 is 2.36 bits per heavy atom. The fraction of sp³-hybridized carbons (Fsp3) is 0.500. The van der Waals surface area contributed by atoms with Gasteiger partial charge < -0.3 is 15.2 Å². The zero-order valence-corrected chi connectivity index (χ0v) is 15.7. The Morgan fingerprint density at radius 1 is 1.20 bits per heavy atom. The van der Waals surface area contributed by atoms with Crippen molar-refractivity contribution in [2.24, 2.45) is 11.8 Å². The average Bonchev–Trinajstić information content (AvgIpc) is 2.90. The molecule has 25 heavy (non-hydrogen) atoms. The highest BCUT2D eigenvalue weighted by Gasteiger charge is 2.37. The highest BCUT2D eigenvalue weighted by atomic mass is 32.1. The topological polar surface area (TPSA) is 92.7 Å². The van der Waals surface area contributed by atoms with Crippen LogP contribution in [0.2, 0.25) is 0 Å². The lowest BCUT2D eigenvalue weighted by Gasteiger charge is -2.29. The van der Waals surface area contributed by atoms with Gasteiger partial charge in [0.25, 0.3) is 0 Å². The van der Waals surface area contributed by atoms with Crippen molar-refractivity contribution in [3.05, 3.63) is 27.7 Å². The van der Waals surface area contributed by atoms with Gasteiger partial charge in [0, 0.05) is 4.88 Å². The van der Waals surface area contributed by atoms with Gasteiger partial charge in [-0.3, -0.25) is 9.59 Å². The number of carbonyl (C=O) groups excluding carboxylic acids is 2. The minimum atomic E-state index is -0.972. The van der Waals surface area contributed by atoms with Crippen molar-refractivity contribution >= 4 is 34.2 Å². The van der Waals surface area contributed by atoms with Crippen molar-refractivity contribution in [2.75, 3.05) is 11.9 Å². The van der Waals surface area contributed by atoms with Crippen LogP contribution in [0.5, 0.6) is 0 Å². The van der Waals surface area contributed by atoms with Crippen LogP contribution in [0, 0.1) is 18.8 Å². The number of carboxylic acid groups (broad SMARTS) is 1. The lowest BCUT2D eigenvalue weighted by molar-refractivity contribution is -0.146. The van der Waals surface area contributed by atoms with E-state index in [9.17, 15) is 19.5 Å². The molecule has 0 fully saturated rings. The SMILES string of the molecule is CCOC(=O)c1cc(C)sc1NC(=O)C1CC(C)=C(C)CC1C(=O)O. The molecule has 7 heteroatoms. The van der Waals surface area contributed by atoms with Gasteiger partial charge in [0.15, 0.2) is 0 Å². The van der Waals surface area contributed by atoms with E-state index in [4.69, 9.17) is 4.74 Å². The number of rotatable bonds is 5. The van der Waals surface area contributed by atoms with Crippen molar-refractivity contribution in [3.63, 3.8) is 0 Å². The summed E-state index contributed by atoms with van der Waals surface area (Å²) in [6, 6.07) is 1.67. The van der Waals surface area contributed by atoms with E-state index in [1.54, 1.807) is 13.0 Å². The number of anilines is 1. The molecule has 1 heterocycles. The minimum absolute atomic E-state index is 0.244. The van der Waals surface area contributed by atoms with Crippen molar-refractivity contribution in [3.8, 4) is 0 Å². The lowest BCUT2D eigenvalue weighted by atomic mass is 9.76. The van der Waals surface area contributed by atoms with Crippen molar-refractivity contribution < 1.29 is 24.2 Å². The average molecular weight is 365 g/mol. The molecule has 1 aromatic heterocycles. The smallest absolute Gasteiger partial charge is 0.341 e. The molecule has 0 aliphatic heterocycles. The standard InChI is InChI=1S/C18H23NO5S/c1-5-24-18(23)14-8-11(4)25-16(14)19-15(20)12-6-9(2)10(3)7-13(12)17(21)22/h8,12-13H,5-7H2,1-4H3,(H,19,20)(H,21,22). The van der Waals surface area contributed by atoms with Gasteiger partial charge in [0.2, 0.25) is 5.91 Å². The summed E-state index contributed by atoms with van der Waals surface area (Å²) in [4.78, 5) is 37.2. The maximum absolute atomic E-state index is 12.7. The molecule has 1 aliphatic carbocycles. The van der Waals surface area contributed by atoms with Gasteiger partial charge in [-0.25, -0.2) is 4.79 Å². The maximum Gasteiger partial charge on any atom is 0.341 e. The van der Waals surface area contributed by atoms with Crippen LogP contribution in [0.1, 0.15) is 48.8 Å². The Hall–Kier alpha value is -2.15. The zero-order valence-electron chi connectivity index (χ0n) is 14.8. The normalized spacial score (nSPS) is 20.3. The number of esters is 1. The fourth-order valence-electron chi connectivity index (χ4n) is 3.00. The van der Waals surface area contributed by atoms with E-state index in [-0.39, 0.29) is 12.5 Å². The fourth-order valence-corrected chi connectivity index (χ4v) is 3.90. The van der Waals surface area contributed by atoms with Crippen LogP contribution >= 0.6 is 11.3 Å². The summed E-state index contributed by atoms with van der Waals surface area (Å²) >= 11 is 1.28. The molecule has 2 unspecified atom stereocenters. The van der Waals surface area contributed by atoms with Crippen LogP contribution in [0.4, 0.5) is 5.00 Å². The van der Waals surface area contributed by atoms with Gasteiger partial charge >= 0.3 is 11.9 Å². The molecule has 1 aliphatic rings. The molecule has 1 amide bonds. The second-order valence-electron chi connectivity index (χ2n) is 6.33. The van der Waals surface area contributed by atoms with E-state index in [2.05, 4.69) is 5.32 Å². The molecule has 2 atom stereocenters. The first-order valence-electron chi connectivity index (χ1n) is 8.21. The molecule has 0 spiro atoms. The molecular weight excluding hydrogens is 342 g/mol.